The number of carbonyl (C=O) groups is 2. The summed E-state index contributed by atoms with van der Waals surface area (Å²) < 4.78 is 0.922. The van der Waals surface area contributed by atoms with E-state index in [0.717, 1.165) is 29.6 Å². The number of carbonyl (C=O) groups excluding carboxylic acids is 3. The minimum Gasteiger partial charge on any atom is -0.375 e. The number of hydrogen-bond acceptors (Lipinski definition) is 9. The van der Waals surface area contributed by atoms with Crippen LogP contribution in [0.3, 0.4) is 0 Å². The first-order chi connectivity index (χ1) is 19.1. The van der Waals surface area contributed by atoms with Gasteiger partial charge in [-0.2, -0.15) is 5.10 Å². The van der Waals surface area contributed by atoms with Crippen LogP contribution in [0, 0.1) is 11.8 Å². The number of nitrogens with two attached hydrogens (primary N) is 1. The van der Waals surface area contributed by atoms with E-state index < -0.39 is 12.1 Å². The zero-order valence-corrected chi connectivity index (χ0v) is 22.9. The van der Waals surface area contributed by atoms with E-state index >= 15 is 0 Å². The second-order valence-corrected chi connectivity index (χ2v) is 11.7. The monoisotopic (exact) mass is 551 g/mol. The number of Topliss-reactive ketones (excluding diaryl/α,β-unsaturated/α-hetero) is 1. The molecule has 3 fully saturated rings. The fraction of sp³-hybridized carbons (Fsp3) is 0.571. The van der Waals surface area contributed by atoms with E-state index in [9.17, 15) is 14.4 Å². The van der Waals surface area contributed by atoms with E-state index in [4.69, 9.17) is 5.84 Å². The Kier molecular flexibility index (Phi) is 9.03. The van der Waals surface area contributed by atoms with Crippen molar-refractivity contribution in [3.8, 4) is 0 Å². The van der Waals surface area contributed by atoms with Gasteiger partial charge in [0.05, 0.1) is 22.4 Å². The van der Waals surface area contributed by atoms with Crippen molar-refractivity contribution in [2.24, 2.45) is 22.8 Å². The minimum absolute atomic E-state index is 0.0452. The number of nitrogens with zero attached hydrogens (tertiary/aromatic N) is 3. The summed E-state index contributed by atoms with van der Waals surface area (Å²) in [4.78, 5) is 46.2. The van der Waals surface area contributed by atoms with Gasteiger partial charge in [0, 0.05) is 18.7 Å². The molecule has 0 bridgehead atoms. The van der Waals surface area contributed by atoms with E-state index in [1.165, 1.54) is 36.9 Å². The zero-order valence-electron chi connectivity index (χ0n) is 22.1. The summed E-state index contributed by atoms with van der Waals surface area (Å²) in [6.07, 6.45) is 8.94. The summed E-state index contributed by atoms with van der Waals surface area (Å²) in [5.74, 6) is 7.79. The number of benzene rings is 1. The lowest BCUT2D eigenvalue weighted by molar-refractivity contribution is -0.127. The summed E-state index contributed by atoms with van der Waals surface area (Å²) in [6, 6.07) is 6.11. The number of hydrogen-bond donors (Lipinski definition) is 4. The molecule has 10 nitrogen and oxygen atoms in total. The van der Waals surface area contributed by atoms with Crippen LogP contribution < -0.4 is 21.8 Å². The SMILES string of the molecule is NN=CNCCC[C@H](NC(=O)[C@@H]1C(=C=O)CCN1[C@H]1NCC[C@H]2CCCC[C@H]21)C(=O)c1nc2ccccc2s1. The highest BCUT2D eigenvalue weighted by Gasteiger charge is 2.46. The predicted octanol–water partition coefficient (Wildman–Crippen LogP) is 2.19. The van der Waals surface area contributed by atoms with Crippen LogP contribution in [-0.2, 0) is 9.59 Å². The normalized spacial score (nSPS) is 26.3. The minimum atomic E-state index is -0.772. The van der Waals surface area contributed by atoms with E-state index in [2.05, 4.69) is 36.9 Å². The van der Waals surface area contributed by atoms with Crippen molar-refractivity contribution in [2.45, 2.75) is 69.6 Å². The van der Waals surface area contributed by atoms with Crippen molar-refractivity contribution >= 4 is 45.5 Å². The lowest BCUT2D eigenvalue weighted by Crippen LogP contribution is -2.61. The van der Waals surface area contributed by atoms with Crippen LogP contribution in [0.25, 0.3) is 10.2 Å². The average Bonchev–Trinajstić information content (AvgIpc) is 3.60. The molecule has 5 atom stereocenters. The number of hydrazone groups is 1. The maximum atomic E-state index is 13.9. The van der Waals surface area contributed by atoms with Gasteiger partial charge in [0.1, 0.15) is 18.3 Å². The van der Waals surface area contributed by atoms with Crippen molar-refractivity contribution in [1.82, 2.24) is 25.8 Å². The summed E-state index contributed by atoms with van der Waals surface area (Å²) in [5.41, 5.74) is 1.22. The Labute approximate surface area is 232 Å². The van der Waals surface area contributed by atoms with Gasteiger partial charge >= 0.3 is 0 Å². The lowest BCUT2D eigenvalue weighted by Gasteiger charge is -2.47. The van der Waals surface area contributed by atoms with Crippen LogP contribution in [0.15, 0.2) is 34.9 Å². The molecule has 0 radical (unpaired) electrons. The van der Waals surface area contributed by atoms with Crippen molar-refractivity contribution < 1.29 is 14.4 Å². The largest absolute Gasteiger partial charge is 0.375 e. The Balaban J connectivity index is 1.36. The van der Waals surface area contributed by atoms with Crippen molar-refractivity contribution in [3.05, 3.63) is 34.8 Å². The van der Waals surface area contributed by atoms with Gasteiger partial charge in [-0.1, -0.05) is 31.4 Å². The maximum Gasteiger partial charge on any atom is 0.243 e. The Hall–Kier alpha value is -3.11. The van der Waals surface area contributed by atoms with Gasteiger partial charge in [0.25, 0.3) is 0 Å². The second kappa shape index (κ2) is 12.8. The number of amides is 1. The third-order valence-corrected chi connectivity index (χ3v) is 9.45. The second-order valence-electron chi connectivity index (χ2n) is 10.7. The third-order valence-electron chi connectivity index (χ3n) is 8.40. The Morgan fingerprint density at radius 1 is 1.28 bits per heavy atom. The topological polar surface area (TPSA) is 142 Å². The standard InChI is InChI=1S/C28H37N7O3S/c29-32-17-30-13-5-9-22(25(37)28-34-21-8-3-4-10-23(21)39-28)33-27(38)24-19(16-36)12-15-35(24)26-20-7-2-1-6-18(20)11-14-31-26/h3-4,8,10,17-18,20,22,24,26,31H,1-2,5-7,9,11-15,29H2,(H,30,32)(H,33,38)/t18-,20-,22+,24+,26-/m1/s1. The fourth-order valence-corrected chi connectivity index (χ4v) is 7.50. The molecule has 5 rings (SSSR count). The molecule has 1 aliphatic carbocycles. The number of rotatable bonds is 10. The fourth-order valence-electron chi connectivity index (χ4n) is 6.54. The van der Waals surface area contributed by atoms with Crippen LogP contribution in [0.1, 0.15) is 61.2 Å². The molecule has 0 unspecified atom stereocenters. The van der Waals surface area contributed by atoms with Crippen LogP contribution in [0.2, 0.25) is 0 Å². The van der Waals surface area contributed by atoms with E-state index in [1.807, 2.05) is 24.3 Å². The molecular formula is C28H37N7O3S. The molecule has 1 aromatic carbocycles. The van der Waals surface area contributed by atoms with E-state index in [1.54, 1.807) is 0 Å². The van der Waals surface area contributed by atoms with Crippen LogP contribution in [0.5, 0.6) is 0 Å². The van der Waals surface area contributed by atoms with E-state index in [-0.39, 0.29) is 17.9 Å². The van der Waals surface area contributed by atoms with Gasteiger partial charge < -0.3 is 21.8 Å². The number of aromatic nitrogens is 1. The smallest absolute Gasteiger partial charge is 0.243 e. The summed E-state index contributed by atoms with van der Waals surface area (Å²) in [6.45, 7) is 2.08. The number of nitrogens with one attached hydrogen (secondary N) is 3. The molecule has 3 heterocycles. The molecular weight excluding hydrogens is 514 g/mol. The molecule has 5 N–H and O–H groups in total. The number of likely N-dealkylation sites (tertiary alicyclic amines) is 1. The van der Waals surface area contributed by atoms with Crippen LogP contribution >= 0.6 is 11.3 Å². The Morgan fingerprint density at radius 3 is 2.95 bits per heavy atom. The molecule has 208 valence electrons. The molecule has 0 spiro atoms. The number of ketones is 1. The molecule has 11 heteroatoms. The van der Waals surface area contributed by atoms with E-state index in [0.29, 0.717) is 54.8 Å². The van der Waals surface area contributed by atoms with Gasteiger partial charge in [-0.15, -0.1) is 11.3 Å². The highest BCUT2D eigenvalue weighted by Crippen LogP contribution is 2.40. The zero-order chi connectivity index (χ0) is 27.2. The number of piperidine rings is 1. The predicted molar refractivity (Wildman–Crippen MR) is 152 cm³/mol. The molecule has 1 aromatic heterocycles. The molecule has 1 amide bonds. The summed E-state index contributed by atoms with van der Waals surface area (Å²) >= 11 is 1.33. The van der Waals surface area contributed by atoms with Gasteiger partial charge in [-0.05, 0) is 62.6 Å². The summed E-state index contributed by atoms with van der Waals surface area (Å²) in [5, 5.41) is 13.4. The van der Waals surface area contributed by atoms with Crippen LogP contribution in [-0.4, -0.2) is 71.7 Å². The first kappa shape index (κ1) is 27.5. The summed E-state index contributed by atoms with van der Waals surface area (Å²) in [7, 11) is 0. The van der Waals surface area contributed by atoms with Crippen molar-refractivity contribution in [1.29, 1.82) is 0 Å². The molecule has 3 aliphatic rings. The van der Waals surface area contributed by atoms with Gasteiger partial charge in [-0.3, -0.25) is 14.5 Å². The lowest BCUT2D eigenvalue weighted by atomic mass is 9.73. The number of thiazole rings is 1. The highest BCUT2D eigenvalue weighted by molar-refractivity contribution is 7.20. The Bertz CT molecular complexity index is 1220. The average molecular weight is 552 g/mol. The molecule has 39 heavy (non-hydrogen) atoms. The third kappa shape index (κ3) is 6.06. The molecule has 1 saturated carbocycles. The molecule has 2 aliphatic heterocycles. The molecule has 2 aromatic rings. The molecule has 2 saturated heterocycles. The van der Waals surface area contributed by atoms with Crippen LogP contribution in [0.4, 0.5) is 0 Å². The van der Waals surface area contributed by atoms with Crippen molar-refractivity contribution in [3.63, 3.8) is 0 Å². The van der Waals surface area contributed by atoms with Gasteiger partial charge in [-0.25, -0.2) is 9.78 Å². The van der Waals surface area contributed by atoms with Crippen molar-refractivity contribution in [2.75, 3.05) is 19.6 Å². The van der Waals surface area contributed by atoms with Gasteiger partial charge in [0.2, 0.25) is 11.7 Å². The number of fused-ring (bicyclic) bond motifs is 2. The highest BCUT2D eigenvalue weighted by atomic mass is 32.1. The Morgan fingerprint density at radius 2 is 2.13 bits per heavy atom. The van der Waals surface area contributed by atoms with Gasteiger partial charge in [0.15, 0.2) is 5.01 Å². The first-order valence-electron chi connectivity index (χ1n) is 14.0. The first-order valence-corrected chi connectivity index (χ1v) is 14.8. The maximum absolute atomic E-state index is 13.9. The number of para-hydroxylation sites is 1. The quantitative estimate of drug-likeness (QED) is 0.0670.